The number of esters is 2. The minimum atomic E-state index is -0.410. The van der Waals surface area contributed by atoms with E-state index in [0.717, 1.165) is 50.5 Å². The molecule has 0 unspecified atom stereocenters. The Labute approximate surface area is 150 Å². The molecule has 2 fully saturated rings. The minimum Gasteiger partial charge on any atom is -0.469 e. The zero-order valence-corrected chi connectivity index (χ0v) is 15.7. The van der Waals surface area contributed by atoms with Crippen molar-refractivity contribution in [3.8, 4) is 0 Å². The van der Waals surface area contributed by atoms with E-state index in [0.29, 0.717) is 18.4 Å². The summed E-state index contributed by atoms with van der Waals surface area (Å²) in [7, 11) is 1.50. The smallest absolute Gasteiger partial charge is 0.334 e. The molecule has 4 nitrogen and oxygen atoms in total. The normalized spacial score (nSPS) is 38.0. The van der Waals surface area contributed by atoms with Gasteiger partial charge in [-0.3, -0.25) is 4.79 Å². The van der Waals surface area contributed by atoms with Gasteiger partial charge in [-0.05, 0) is 68.8 Å². The molecule has 2 aliphatic carbocycles. The van der Waals surface area contributed by atoms with E-state index in [1.54, 1.807) is 0 Å². The van der Waals surface area contributed by atoms with Crippen LogP contribution in [0.25, 0.3) is 0 Å². The summed E-state index contributed by atoms with van der Waals surface area (Å²) in [5, 5.41) is 0. The summed E-state index contributed by atoms with van der Waals surface area (Å²) in [5.41, 5.74) is 1.70. The van der Waals surface area contributed by atoms with Crippen LogP contribution in [-0.2, 0) is 19.1 Å². The number of methoxy groups -OCH3 is 1. The molecular formula is C21H30O4. The molecule has 0 spiro atoms. The van der Waals surface area contributed by atoms with E-state index in [2.05, 4.69) is 20.4 Å². The van der Waals surface area contributed by atoms with E-state index in [9.17, 15) is 9.59 Å². The van der Waals surface area contributed by atoms with E-state index < -0.39 is 5.41 Å². The number of hydrogen-bond acceptors (Lipinski definition) is 4. The molecule has 4 atom stereocenters. The van der Waals surface area contributed by atoms with Gasteiger partial charge in [0.1, 0.15) is 6.61 Å². The molecule has 0 bridgehead atoms. The molecule has 3 rings (SSSR count). The molecule has 0 aromatic carbocycles. The fourth-order valence-corrected chi connectivity index (χ4v) is 5.86. The van der Waals surface area contributed by atoms with Crippen LogP contribution in [0.5, 0.6) is 0 Å². The lowest BCUT2D eigenvalue weighted by Gasteiger charge is -2.57. The molecule has 0 saturated heterocycles. The first-order valence-corrected chi connectivity index (χ1v) is 9.45. The largest absolute Gasteiger partial charge is 0.469 e. The summed E-state index contributed by atoms with van der Waals surface area (Å²) in [4.78, 5) is 24.3. The number of carbonyl (C=O) groups is 2. The first kappa shape index (κ1) is 18.2. The van der Waals surface area contributed by atoms with E-state index in [4.69, 9.17) is 9.47 Å². The first-order chi connectivity index (χ1) is 11.8. The fourth-order valence-electron chi connectivity index (χ4n) is 5.86. The van der Waals surface area contributed by atoms with Crippen LogP contribution in [0.3, 0.4) is 0 Å². The number of carbonyl (C=O) groups excluding carboxylic acids is 2. The van der Waals surface area contributed by atoms with E-state index in [-0.39, 0.29) is 17.4 Å². The van der Waals surface area contributed by atoms with Crippen LogP contribution in [0.2, 0.25) is 0 Å². The summed E-state index contributed by atoms with van der Waals surface area (Å²) < 4.78 is 10.2. The lowest BCUT2D eigenvalue weighted by atomic mass is 9.46. The highest BCUT2D eigenvalue weighted by Crippen LogP contribution is 2.62. The summed E-state index contributed by atoms with van der Waals surface area (Å²) in [6, 6.07) is 0. The third-order valence-corrected chi connectivity index (χ3v) is 7.18. The monoisotopic (exact) mass is 346 g/mol. The van der Waals surface area contributed by atoms with Crippen molar-refractivity contribution >= 4 is 11.9 Å². The zero-order valence-electron chi connectivity index (χ0n) is 15.7. The highest BCUT2D eigenvalue weighted by atomic mass is 16.5. The molecular weight excluding hydrogens is 316 g/mol. The van der Waals surface area contributed by atoms with Gasteiger partial charge < -0.3 is 9.47 Å². The molecule has 0 N–H and O–H groups in total. The van der Waals surface area contributed by atoms with Gasteiger partial charge in [0.05, 0.1) is 12.5 Å². The summed E-state index contributed by atoms with van der Waals surface area (Å²) in [6.07, 6.45) is 8.54. The van der Waals surface area contributed by atoms with Gasteiger partial charge in [0.15, 0.2) is 0 Å². The number of hydrogen-bond donors (Lipinski definition) is 0. The molecule has 2 saturated carbocycles. The van der Waals surface area contributed by atoms with Crippen LogP contribution in [0.15, 0.2) is 23.8 Å². The number of cyclic esters (lactones) is 1. The van der Waals surface area contributed by atoms with Crippen molar-refractivity contribution in [3.05, 3.63) is 23.8 Å². The van der Waals surface area contributed by atoms with Crippen molar-refractivity contribution in [3.63, 3.8) is 0 Å². The Hall–Kier alpha value is -1.58. The highest BCUT2D eigenvalue weighted by Gasteiger charge is 2.57. The van der Waals surface area contributed by atoms with Gasteiger partial charge in [-0.2, -0.15) is 0 Å². The number of allylic oxidation sites excluding steroid dienone is 1. The van der Waals surface area contributed by atoms with Gasteiger partial charge >= 0.3 is 11.9 Å². The number of fused-ring (bicyclic) bond motifs is 1. The van der Waals surface area contributed by atoms with Gasteiger partial charge in [-0.1, -0.05) is 25.5 Å². The van der Waals surface area contributed by atoms with Crippen molar-refractivity contribution in [2.45, 2.75) is 58.8 Å². The third kappa shape index (κ3) is 2.94. The Balaban J connectivity index is 1.84. The molecule has 1 aliphatic heterocycles. The lowest BCUT2D eigenvalue weighted by Crippen LogP contribution is -2.53. The molecule has 0 amide bonds. The van der Waals surface area contributed by atoms with Gasteiger partial charge in [-0.15, -0.1) is 0 Å². The SMILES string of the molecule is C=C1CC[C@H]2[C@](C)(CCC[C@@]2(C)C(=O)OC)[C@@H]1CCC1=CCOC1=O. The molecule has 138 valence electrons. The predicted octanol–water partition coefficient (Wildman–Crippen LogP) is 4.20. The van der Waals surface area contributed by atoms with Crippen molar-refractivity contribution in [1.29, 1.82) is 0 Å². The molecule has 0 aromatic rings. The van der Waals surface area contributed by atoms with Crippen LogP contribution in [0.1, 0.15) is 58.8 Å². The maximum Gasteiger partial charge on any atom is 0.334 e. The van der Waals surface area contributed by atoms with Crippen molar-refractivity contribution in [2.24, 2.45) is 22.7 Å². The summed E-state index contributed by atoms with van der Waals surface area (Å²) >= 11 is 0. The van der Waals surface area contributed by atoms with Crippen LogP contribution >= 0.6 is 0 Å². The van der Waals surface area contributed by atoms with Crippen molar-refractivity contribution < 1.29 is 19.1 Å². The summed E-state index contributed by atoms with van der Waals surface area (Å²) in [5.74, 6) is 0.397. The maximum absolute atomic E-state index is 12.6. The second-order valence-electron chi connectivity index (χ2n) is 8.44. The van der Waals surface area contributed by atoms with E-state index >= 15 is 0 Å². The van der Waals surface area contributed by atoms with Crippen molar-refractivity contribution in [2.75, 3.05) is 13.7 Å². The second kappa shape index (κ2) is 6.62. The van der Waals surface area contributed by atoms with Crippen LogP contribution in [0.4, 0.5) is 0 Å². The Morgan fingerprint density at radius 3 is 2.80 bits per heavy atom. The zero-order chi connectivity index (χ0) is 18.2. The molecule has 0 aromatic heterocycles. The van der Waals surface area contributed by atoms with Crippen LogP contribution in [-0.4, -0.2) is 25.7 Å². The lowest BCUT2D eigenvalue weighted by molar-refractivity contribution is -0.168. The quantitative estimate of drug-likeness (QED) is 0.565. The molecule has 3 aliphatic rings. The maximum atomic E-state index is 12.6. The molecule has 0 radical (unpaired) electrons. The molecule has 1 heterocycles. The molecule has 25 heavy (non-hydrogen) atoms. The van der Waals surface area contributed by atoms with Gasteiger partial charge in [0.25, 0.3) is 0 Å². The molecule has 4 heteroatoms. The predicted molar refractivity (Wildman–Crippen MR) is 95.7 cm³/mol. The van der Waals surface area contributed by atoms with Gasteiger partial charge in [0, 0.05) is 5.57 Å². The third-order valence-electron chi connectivity index (χ3n) is 7.18. The standard InChI is InChI=1S/C21H30O4/c1-14-6-9-17-20(2,11-5-12-21(17,3)19(23)24-4)16(14)8-7-15-10-13-25-18(15)22/h10,16-17H,1,5-9,11-13H2,2-4H3/t16-,17+,20-,21-/m1/s1. The van der Waals surface area contributed by atoms with Gasteiger partial charge in [0.2, 0.25) is 0 Å². The summed E-state index contributed by atoms with van der Waals surface area (Å²) in [6.45, 7) is 9.17. The van der Waals surface area contributed by atoms with Crippen molar-refractivity contribution in [1.82, 2.24) is 0 Å². The fraction of sp³-hybridized carbons (Fsp3) is 0.714. The Morgan fingerprint density at radius 1 is 1.40 bits per heavy atom. The Bertz CT molecular complexity index is 619. The second-order valence-corrected chi connectivity index (χ2v) is 8.44. The number of rotatable bonds is 4. The van der Waals surface area contributed by atoms with Crippen LogP contribution in [0, 0.1) is 22.7 Å². The Morgan fingerprint density at radius 2 is 2.16 bits per heavy atom. The average Bonchev–Trinajstić information content (AvgIpc) is 2.98. The topological polar surface area (TPSA) is 52.6 Å². The van der Waals surface area contributed by atoms with Gasteiger partial charge in [-0.25, -0.2) is 4.79 Å². The highest BCUT2D eigenvalue weighted by molar-refractivity contribution is 5.90. The van der Waals surface area contributed by atoms with E-state index in [1.165, 1.54) is 12.7 Å². The average molecular weight is 346 g/mol. The van der Waals surface area contributed by atoms with Crippen LogP contribution < -0.4 is 0 Å². The van der Waals surface area contributed by atoms with E-state index in [1.807, 2.05) is 6.08 Å². The minimum absolute atomic E-state index is 0.0413. The first-order valence-electron chi connectivity index (χ1n) is 9.45. The Kier molecular flexibility index (Phi) is 4.82. The number of ether oxygens (including phenoxy) is 2.